The minimum atomic E-state index is 0.734. The maximum atomic E-state index is 2.75. The largest absolute Gasteiger partial charge is 0.372 e. The summed E-state index contributed by atoms with van der Waals surface area (Å²) in [6.45, 7) is 8.31. The van der Waals surface area contributed by atoms with Gasteiger partial charge in [0.05, 0.1) is 0 Å². The first-order valence-corrected chi connectivity index (χ1v) is 13.8. The summed E-state index contributed by atoms with van der Waals surface area (Å²) < 4.78 is 2.43. The van der Waals surface area contributed by atoms with Crippen molar-refractivity contribution < 1.29 is 4.57 Å². The number of likely N-dealkylation sites (tertiary alicyclic amines) is 1. The van der Waals surface area contributed by atoms with Gasteiger partial charge in [-0.25, -0.2) is 0 Å². The summed E-state index contributed by atoms with van der Waals surface area (Å²) in [6.07, 6.45) is 20.3. The summed E-state index contributed by atoms with van der Waals surface area (Å²) in [5, 5.41) is 0. The summed E-state index contributed by atoms with van der Waals surface area (Å²) in [4.78, 5) is 5.24. The first kappa shape index (κ1) is 23.4. The summed E-state index contributed by atoms with van der Waals surface area (Å²) in [5.41, 5.74) is 5.21. The van der Waals surface area contributed by atoms with Crippen molar-refractivity contribution >= 4 is 23.9 Å². The fourth-order valence-electron chi connectivity index (χ4n) is 6.18. The highest BCUT2D eigenvalue weighted by Gasteiger charge is 2.26. The molecule has 0 radical (unpaired) electrons. The van der Waals surface area contributed by atoms with Crippen LogP contribution in [-0.2, 0) is 6.54 Å². The van der Waals surface area contributed by atoms with Crippen molar-refractivity contribution in [1.29, 1.82) is 0 Å². The topological polar surface area (TPSA) is 10.4 Å². The van der Waals surface area contributed by atoms with Crippen LogP contribution >= 0.6 is 0 Å². The minimum Gasteiger partial charge on any atom is -0.372 e. The third-order valence-electron chi connectivity index (χ3n) is 8.22. The summed E-state index contributed by atoms with van der Waals surface area (Å²) in [5.74, 6) is 0.734. The van der Waals surface area contributed by atoms with Crippen LogP contribution in [0.1, 0.15) is 75.2 Å². The number of anilines is 1. The summed E-state index contributed by atoms with van der Waals surface area (Å²) >= 11 is 0. The van der Waals surface area contributed by atoms with E-state index in [0.29, 0.717) is 0 Å². The van der Waals surface area contributed by atoms with Gasteiger partial charge < -0.3 is 9.80 Å². The maximum absolute atomic E-state index is 2.75. The van der Waals surface area contributed by atoms with E-state index < -0.39 is 0 Å². The van der Waals surface area contributed by atoms with Gasteiger partial charge in [-0.3, -0.25) is 0 Å². The molecule has 2 aromatic rings. The second-order valence-electron chi connectivity index (χ2n) is 10.4. The molecular weight excluding hydrogens is 414 g/mol. The van der Waals surface area contributed by atoms with Crippen molar-refractivity contribution in [3.8, 4) is 0 Å². The van der Waals surface area contributed by atoms with Gasteiger partial charge in [0, 0.05) is 49.1 Å². The van der Waals surface area contributed by atoms with Crippen LogP contribution in [0, 0.1) is 5.92 Å². The summed E-state index contributed by atoms with van der Waals surface area (Å²) in [6, 6.07) is 16.6. The number of hydrogen-bond acceptors (Lipinski definition) is 2. The number of nitrogens with zero attached hydrogens (tertiary/aromatic N) is 3. The lowest BCUT2D eigenvalue weighted by atomic mass is 9.85. The van der Waals surface area contributed by atoms with E-state index in [4.69, 9.17) is 0 Å². The Labute approximate surface area is 206 Å². The molecule has 1 aliphatic carbocycles. The van der Waals surface area contributed by atoms with Gasteiger partial charge in [0.2, 0.25) is 11.4 Å². The quantitative estimate of drug-likeness (QED) is 0.444. The van der Waals surface area contributed by atoms with E-state index in [1.165, 1.54) is 100 Å². The lowest BCUT2D eigenvalue weighted by Gasteiger charge is -2.33. The third kappa shape index (κ3) is 5.63. The Balaban J connectivity index is 1.22. The van der Waals surface area contributed by atoms with Crippen LogP contribution in [0.25, 0.3) is 18.2 Å². The van der Waals surface area contributed by atoms with Crippen LogP contribution in [0.15, 0.2) is 48.5 Å². The lowest BCUT2D eigenvalue weighted by molar-refractivity contribution is -0.696. The van der Waals surface area contributed by atoms with Crippen molar-refractivity contribution in [2.24, 2.45) is 5.92 Å². The molecule has 3 fully saturated rings. The van der Waals surface area contributed by atoms with E-state index in [2.05, 4.69) is 88.1 Å². The highest BCUT2D eigenvalue weighted by Crippen LogP contribution is 2.30. The number of aromatic nitrogens is 1. The first-order valence-electron chi connectivity index (χ1n) is 13.8. The van der Waals surface area contributed by atoms with Gasteiger partial charge in [-0.15, -0.1) is 0 Å². The molecule has 3 heterocycles. The Hall–Kier alpha value is -2.39. The van der Waals surface area contributed by atoms with Crippen LogP contribution in [0.3, 0.4) is 0 Å². The number of hydrogen-bond donors (Lipinski definition) is 0. The lowest BCUT2D eigenvalue weighted by Crippen LogP contribution is -2.39. The van der Waals surface area contributed by atoms with Crippen molar-refractivity contribution in [3.05, 3.63) is 65.5 Å². The average Bonchev–Trinajstić information content (AvgIpc) is 3.62. The zero-order valence-corrected chi connectivity index (χ0v) is 21.0. The molecule has 3 aliphatic rings. The Morgan fingerprint density at radius 3 is 2.09 bits per heavy atom. The van der Waals surface area contributed by atoms with Gasteiger partial charge >= 0.3 is 0 Å². The van der Waals surface area contributed by atoms with Gasteiger partial charge in [-0.05, 0) is 107 Å². The molecule has 1 saturated carbocycles. The SMILES string of the molecule is CC[n+]1c(C=Cc2ccc(N3CCCC3)cc2)cccc1C=CC1CCC(N2CCCC2)CC1. The number of pyridine rings is 1. The normalized spacial score (nSPS) is 24.1. The Kier molecular flexibility index (Phi) is 7.80. The molecule has 0 N–H and O–H groups in total. The highest BCUT2D eigenvalue weighted by molar-refractivity contribution is 5.68. The molecular formula is C31H42N3+. The molecule has 0 atom stereocenters. The van der Waals surface area contributed by atoms with Crippen molar-refractivity contribution in [1.82, 2.24) is 4.90 Å². The van der Waals surface area contributed by atoms with E-state index in [0.717, 1.165) is 18.5 Å². The van der Waals surface area contributed by atoms with Gasteiger partial charge in [-0.1, -0.05) is 18.2 Å². The standard InChI is InChI=1S/C31H42N3/c1-2-34-30(20-14-26-10-16-28(17-11-26)32-22-3-4-23-32)8-7-9-31(34)21-15-27-12-18-29(19-13-27)33-24-5-6-25-33/h7-11,14-17,20-21,27,29H,2-6,12-13,18-19,22-25H2,1H3/q+1. The fraction of sp³-hybridized carbons (Fsp3) is 0.516. The van der Waals surface area contributed by atoms with Crippen molar-refractivity contribution in [2.75, 3.05) is 31.1 Å². The molecule has 0 bridgehead atoms. The molecule has 5 rings (SSSR count). The van der Waals surface area contributed by atoms with Crippen molar-refractivity contribution in [2.45, 2.75) is 70.9 Å². The number of benzene rings is 1. The molecule has 3 heteroatoms. The van der Waals surface area contributed by atoms with Gasteiger partial charge in [0.15, 0.2) is 0 Å². The van der Waals surface area contributed by atoms with Gasteiger partial charge in [0.1, 0.15) is 6.54 Å². The second-order valence-corrected chi connectivity index (χ2v) is 10.4. The van der Waals surface area contributed by atoms with Crippen LogP contribution in [0.2, 0.25) is 0 Å². The Bertz CT molecular complexity index is 970. The van der Waals surface area contributed by atoms with Crippen LogP contribution in [0.4, 0.5) is 5.69 Å². The van der Waals surface area contributed by atoms with Gasteiger partial charge in [-0.2, -0.15) is 4.57 Å². The highest BCUT2D eigenvalue weighted by atomic mass is 15.2. The monoisotopic (exact) mass is 456 g/mol. The van der Waals surface area contributed by atoms with E-state index in [9.17, 15) is 0 Å². The minimum absolute atomic E-state index is 0.734. The van der Waals surface area contributed by atoms with Crippen LogP contribution < -0.4 is 9.47 Å². The molecule has 1 aromatic carbocycles. The molecule has 1 aromatic heterocycles. The third-order valence-corrected chi connectivity index (χ3v) is 8.22. The second kappa shape index (κ2) is 11.4. The molecule has 0 spiro atoms. The first-order chi connectivity index (χ1) is 16.8. The number of rotatable bonds is 7. The molecule has 34 heavy (non-hydrogen) atoms. The van der Waals surface area contributed by atoms with E-state index >= 15 is 0 Å². The Morgan fingerprint density at radius 1 is 0.765 bits per heavy atom. The molecule has 0 amide bonds. The molecule has 2 saturated heterocycles. The van der Waals surface area contributed by atoms with E-state index in [-0.39, 0.29) is 0 Å². The fourth-order valence-corrected chi connectivity index (χ4v) is 6.18. The van der Waals surface area contributed by atoms with Crippen molar-refractivity contribution in [3.63, 3.8) is 0 Å². The molecule has 3 nitrogen and oxygen atoms in total. The molecule has 2 aliphatic heterocycles. The number of allylic oxidation sites excluding steroid dienone is 1. The van der Waals surface area contributed by atoms with Crippen LogP contribution in [0.5, 0.6) is 0 Å². The predicted octanol–water partition coefficient (Wildman–Crippen LogP) is 6.43. The molecule has 0 unspecified atom stereocenters. The smallest absolute Gasteiger partial charge is 0.205 e. The van der Waals surface area contributed by atoms with Crippen LogP contribution in [-0.4, -0.2) is 37.1 Å². The zero-order valence-electron chi connectivity index (χ0n) is 21.0. The zero-order chi connectivity index (χ0) is 23.2. The Morgan fingerprint density at radius 2 is 1.41 bits per heavy atom. The molecule has 180 valence electrons. The average molecular weight is 457 g/mol. The van der Waals surface area contributed by atoms with Gasteiger partial charge in [0.25, 0.3) is 0 Å². The summed E-state index contributed by atoms with van der Waals surface area (Å²) in [7, 11) is 0. The van der Waals surface area contributed by atoms with E-state index in [1.807, 2.05) is 0 Å². The van der Waals surface area contributed by atoms with E-state index in [1.54, 1.807) is 0 Å². The predicted molar refractivity (Wildman–Crippen MR) is 145 cm³/mol. The maximum Gasteiger partial charge on any atom is 0.205 e.